The summed E-state index contributed by atoms with van der Waals surface area (Å²) in [5, 5.41) is 8.76. The van der Waals surface area contributed by atoms with Crippen LogP contribution in [0.2, 0.25) is 0 Å². The average molecular weight is 277 g/mol. The highest BCUT2D eigenvalue weighted by Crippen LogP contribution is 2.25. The van der Waals surface area contributed by atoms with E-state index in [1.54, 1.807) is 11.8 Å². The second-order valence-electron chi connectivity index (χ2n) is 5.93. The van der Waals surface area contributed by atoms with Crippen LogP contribution < -0.4 is 0 Å². The summed E-state index contributed by atoms with van der Waals surface area (Å²) < 4.78 is 2.23. The van der Waals surface area contributed by atoms with Crippen LogP contribution in [-0.2, 0) is 11.8 Å². The van der Waals surface area contributed by atoms with Crippen LogP contribution in [0.5, 0.6) is 0 Å². The van der Waals surface area contributed by atoms with Gasteiger partial charge in [-0.2, -0.15) is 11.8 Å². The van der Waals surface area contributed by atoms with Gasteiger partial charge in [-0.15, -0.1) is 0 Å². The highest BCUT2D eigenvalue weighted by atomic mass is 32.2. The topological polar surface area (TPSA) is 24.6 Å². The first-order valence-electron chi connectivity index (χ1n) is 6.80. The minimum atomic E-state index is 0.198. The molecule has 0 atom stereocenters. The number of aromatic nitrogens is 1. The number of fused-ring (bicyclic) bond motifs is 1. The van der Waals surface area contributed by atoms with Crippen molar-refractivity contribution in [3.05, 3.63) is 41.7 Å². The maximum atomic E-state index is 8.76. The van der Waals surface area contributed by atoms with Gasteiger partial charge in [-0.3, -0.25) is 0 Å². The molecule has 0 aliphatic carbocycles. The Balaban J connectivity index is 2.12. The Kier molecular flexibility index (Phi) is 4.58. The first kappa shape index (κ1) is 14.5. The Labute approximate surface area is 119 Å². The molecule has 0 saturated heterocycles. The number of aliphatic hydroxyl groups excluding tert-OH is 1. The second kappa shape index (κ2) is 6.02. The van der Waals surface area contributed by atoms with Crippen molar-refractivity contribution in [3.63, 3.8) is 0 Å². The number of thioether (sulfide) groups is 1. The Morgan fingerprint density at radius 2 is 1.95 bits per heavy atom. The number of hydrogen-bond donors (Lipinski definition) is 1. The van der Waals surface area contributed by atoms with E-state index >= 15 is 0 Å². The molecule has 0 amide bonds. The summed E-state index contributed by atoms with van der Waals surface area (Å²) in [6, 6.07) is 6.67. The molecule has 3 heteroatoms. The Bertz CT molecular complexity index is 539. The van der Waals surface area contributed by atoms with Crippen LogP contribution in [0, 0.1) is 0 Å². The number of rotatable bonds is 5. The zero-order valence-electron chi connectivity index (χ0n) is 12.0. The van der Waals surface area contributed by atoms with Crippen LogP contribution in [-0.4, -0.2) is 27.6 Å². The third-order valence-corrected chi connectivity index (χ3v) is 4.25. The summed E-state index contributed by atoms with van der Waals surface area (Å²) >= 11 is 1.80. The molecule has 0 saturated carbocycles. The van der Waals surface area contributed by atoms with Crippen molar-refractivity contribution in [3.8, 4) is 0 Å². The monoisotopic (exact) mass is 277 g/mol. The lowest BCUT2D eigenvalue weighted by Gasteiger charge is -2.15. The van der Waals surface area contributed by atoms with Crippen molar-refractivity contribution in [1.29, 1.82) is 0 Å². The molecule has 0 spiro atoms. The van der Waals surface area contributed by atoms with Crippen LogP contribution in [0.3, 0.4) is 0 Å². The van der Waals surface area contributed by atoms with Gasteiger partial charge in [0.25, 0.3) is 0 Å². The lowest BCUT2D eigenvalue weighted by atomic mass is 9.89. The van der Waals surface area contributed by atoms with E-state index in [0.717, 1.165) is 17.9 Å². The van der Waals surface area contributed by atoms with E-state index in [4.69, 9.17) is 5.11 Å². The van der Waals surface area contributed by atoms with Gasteiger partial charge in [0.1, 0.15) is 0 Å². The number of nitrogens with zero attached hydrogens (tertiary/aromatic N) is 1. The molecule has 2 aromatic rings. The lowest BCUT2D eigenvalue weighted by molar-refractivity contribution is 0.322. The van der Waals surface area contributed by atoms with E-state index in [9.17, 15) is 0 Å². The van der Waals surface area contributed by atoms with Crippen molar-refractivity contribution in [2.24, 2.45) is 0 Å². The maximum Gasteiger partial charge on any atom is 0.0521 e. The molecule has 0 aliphatic heterocycles. The van der Waals surface area contributed by atoms with Crippen LogP contribution >= 0.6 is 11.8 Å². The minimum absolute atomic E-state index is 0.198. The van der Waals surface area contributed by atoms with Gasteiger partial charge < -0.3 is 9.51 Å². The molecule has 2 heterocycles. The minimum Gasteiger partial charge on any atom is -0.396 e. The van der Waals surface area contributed by atoms with Crippen LogP contribution in [0.25, 0.3) is 5.52 Å². The zero-order valence-corrected chi connectivity index (χ0v) is 12.8. The molecule has 1 N–H and O–H groups in total. The molecular formula is C16H23NOS. The van der Waals surface area contributed by atoms with Gasteiger partial charge >= 0.3 is 0 Å². The van der Waals surface area contributed by atoms with E-state index in [-0.39, 0.29) is 12.0 Å². The normalized spacial score (nSPS) is 12.2. The van der Waals surface area contributed by atoms with E-state index in [1.165, 1.54) is 16.6 Å². The predicted molar refractivity (Wildman–Crippen MR) is 84.2 cm³/mol. The number of hydrogen-bond acceptors (Lipinski definition) is 2. The molecule has 2 aromatic heterocycles. The van der Waals surface area contributed by atoms with E-state index in [2.05, 4.69) is 55.8 Å². The fourth-order valence-electron chi connectivity index (χ4n) is 2.07. The van der Waals surface area contributed by atoms with Gasteiger partial charge in [0.05, 0.1) is 6.61 Å². The fraction of sp³-hybridized carbons (Fsp3) is 0.500. The summed E-state index contributed by atoms with van der Waals surface area (Å²) in [5.41, 5.74) is 4.19. The van der Waals surface area contributed by atoms with Crippen molar-refractivity contribution < 1.29 is 5.11 Å². The largest absolute Gasteiger partial charge is 0.396 e. The van der Waals surface area contributed by atoms with Gasteiger partial charge in [-0.05, 0) is 40.8 Å². The van der Waals surface area contributed by atoms with Gasteiger partial charge in [0.15, 0.2) is 0 Å². The highest BCUT2D eigenvalue weighted by molar-refractivity contribution is 7.99. The molecule has 19 heavy (non-hydrogen) atoms. The zero-order chi connectivity index (χ0) is 13.9. The lowest BCUT2D eigenvalue weighted by Crippen LogP contribution is -2.09. The first-order chi connectivity index (χ1) is 9.00. The Morgan fingerprint density at radius 1 is 1.16 bits per heavy atom. The van der Waals surface area contributed by atoms with Crippen LogP contribution in [0.15, 0.2) is 30.6 Å². The van der Waals surface area contributed by atoms with E-state index < -0.39 is 0 Å². The summed E-state index contributed by atoms with van der Waals surface area (Å²) in [7, 11) is 0. The van der Waals surface area contributed by atoms with Crippen molar-refractivity contribution in [2.75, 3.05) is 18.1 Å². The first-order valence-corrected chi connectivity index (χ1v) is 7.96. The smallest absolute Gasteiger partial charge is 0.0521 e. The van der Waals surface area contributed by atoms with Crippen molar-refractivity contribution in [2.45, 2.75) is 32.6 Å². The predicted octanol–water partition coefficient (Wildman–Crippen LogP) is 3.50. The Hall–Kier alpha value is -0.930. The number of aliphatic hydroxyl groups is 1. The van der Waals surface area contributed by atoms with Crippen LogP contribution in [0.1, 0.15) is 31.9 Å². The maximum absolute atomic E-state index is 8.76. The van der Waals surface area contributed by atoms with Gasteiger partial charge in [-0.1, -0.05) is 26.8 Å². The summed E-state index contributed by atoms with van der Waals surface area (Å²) in [4.78, 5) is 0. The second-order valence-corrected chi connectivity index (χ2v) is 7.16. The summed E-state index contributed by atoms with van der Waals surface area (Å²) in [6.07, 6.45) is 5.52. The molecule has 2 nitrogen and oxygen atoms in total. The molecule has 0 aromatic carbocycles. The fourth-order valence-corrected chi connectivity index (χ4v) is 2.78. The molecule has 104 valence electrons. The summed E-state index contributed by atoms with van der Waals surface area (Å²) in [5.74, 6) is 1.90. The molecule has 0 radical (unpaired) electrons. The molecule has 0 aliphatic rings. The van der Waals surface area contributed by atoms with E-state index in [0.29, 0.717) is 0 Å². The third kappa shape index (κ3) is 3.77. The van der Waals surface area contributed by atoms with Crippen molar-refractivity contribution >= 4 is 17.3 Å². The van der Waals surface area contributed by atoms with Gasteiger partial charge in [0.2, 0.25) is 0 Å². The number of pyridine rings is 1. The summed E-state index contributed by atoms with van der Waals surface area (Å²) in [6.45, 7) is 7.01. The standard InChI is InChI=1S/C16H23NOS/c1-16(2,3)14-10-15-5-4-13(11-17(15)12-14)6-8-19-9-7-18/h4-5,10-12,18H,6-9H2,1-3H3. The third-order valence-electron chi connectivity index (χ3n) is 3.29. The molecular weight excluding hydrogens is 254 g/mol. The molecule has 2 rings (SSSR count). The van der Waals surface area contributed by atoms with Crippen molar-refractivity contribution in [1.82, 2.24) is 4.40 Å². The number of aryl methyl sites for hydroxylation is 1. The SMILES string of the molecule is CC(C)(C)c1cc2ccc(CCSCCO)cn2c1. The quantitative estimate of drug-likeness (QED) is 0.846. The van der Waals surface area contributed by atoms with Crippen LogP contribution in [0.4, 0.5) is 0 Å². The van der Waals surface area contributed by atoms with E-state index in [1.807, 2.05) is 0 Å². The molecule has 0 unspecified atom stereocenters. The van der Waals surface area contributed by atoms with Gasteiger partial charge in [-0.25, -0.2) is 0 Å². The molecule has 0 bridgehead atoms. The average Bonchev–Trinajstić information content (AvgIpc) is 2.77. The van der Waals surface area contributed by atoms with Gasteiger partial charge in [0, 0.05) is 23.7 Å². The molecule has 0 fully saturated rings. The Morgan fingerprint density at radius 3 is 2.63 bits per heavy atom. The highest BCUT2D eigenvalue weighted by Gasteiger charge is 2.15.